The van der Waals surface area contributed by atoms with Crippen LogP contribution in [0.1, 0.15) is 35.3 Å². The van der Waals surface area contributed by atoms with E-state index >= 15 is 0 Å². The minimum absolute atomic E-state index is 0.0313. The topological polar surface area (TPSA) is 65.0 Å². The number of carbonyl (C=O) groups is 2. The monoisotopic (exact) mass is 508 g/mol. The number of nitrogens with zero attached hydrogens (tertiary/aromatic N) is 3. The molecule has 0 bridgehead atoms. The zero-order chi connectivity index (χ0) is 25.9. The first kappa shape index (κ1) is 24.6. The van der Waals surface area contributed by atoms with Crippen LogP contribution in [0.2, 0.25) is 0 Å². The number of benzene rings is 3. The largest absolute Gasteiger partial charge is 0.384 e. The number of fused-ring (bicyclic) bond motifs is 1. The maximum absolute atomic E-state index is 13.9. The third-order valence-corrected chi connectivity index (χ3v) is 7.43. The zero-order valence-corrected chi connectivity index (χ0v) is 21.9. The highest BCUT2D eigenvalue weighted by molar-refractivity contribution is 8.18. The number of amides is 1. The van der Waals surface area contributed by atoms with Crippen LogP contribution in [-0.2, 0) is 11.3 Å². The Bertz CT molecular complexity index is 1460. The number of aliphatic imine (C=N–C) groups is 1. The molecule has 5 rings (SSSR count). The molecule has 0 unspecified atom stereocenters. The fourth-order valence-corrected chi connectivity index (χ4v) is 5.50. The number of nitrogens with one attached hydrogen (secondary N) is 1. The molecule has 0 aromatic heterocycles. The minimum Gasteiger partial charge on any atom is -0.384 e. The first-order valence-electron chi connectivity index (χ1n) is 12.2. The van der Waals surface area contributed by atoms with E-state index in [2.05, 4.69) is 22.3 Å². The summed E-state index contributed by atoms with van der Waals surface area (Å²) >= 11 is 1.37. The predicted molar refractivity (Wildman–Crippen MR) is 153 cm³/mol. The molecule has 3 aromatic carbocycles. The summed E-state index contributed by atoms with van der Waals surface area (Å²) in [4.78, 5) is 35.3. The Labute approximate surface area is 221 Å². The van der Waals surface area contributed by atoms with Crippen LogP contribution < -0.4 is 10.2 Å². The Balaban J connectivity index is 1.61. The minimum atomic E-state index is -0.0915. The first-order chi connectivity index (χ1) is 18.0. The molecule has 2 aliphatic rings. The zero-order valence-electron chi connectivity index (χ0n) is 21.1. The maximum atomic E-state index is 13.9. The van der Waals surface area contributed by atoms with Crippen molar-refractivity contribution in [3.8, 4) is 0 Å². The van der Waals surface area contributed by atoms with Crippen molar-refractivity contribution in [3.63, 3.8) is 0 Å². The second-order valence-corrected chi connectivity index (χ2v) is 9.83. The second-order valence-electron chi connectivity index (χ2n) is 8.86. The molecule has 7 heteroatoms. The van der Waals surface area contributed by atoms with Crippen molar-refractivity contribution in [1.82, 2.24) is 4.90 Å². The molecule has 3 aromatic rings. The van der Waals surface area contributed by atoms with Crippen LogP contribution in [0.15, 0.2) is 94.5 Å². The van der Waals surface area contributed by atoms with Gasteiger partial charge in [0.15, 0.2) is 11.0 Å². The van der Waals surface area contributed by atoms with Gasteiger partial charge in [0.25, 0.3) is 5.91 Å². The molecule has 0 aliphatic carbocycles. The molecule has 6 nitrogen and oxygen atoms in total. The van der Waals surface area contributed by atoms with E-state index in [-0.39, 0.29) is 11.7 Å². The Morgan fingerprint density at radius 2 is 1.76 bits per heavy atom. The van der Waals surface area contributed by atoms with E-state index in [0.29, 0.717) is 34.4 Å². The molecular formula is C30H28N4O2S. The fourth-order valence-electron chi connectivity index (χ4n) is 4.41. The molecule has 0 saturated carbocycles. The molecule has 1 amide bonds. The summed E-state index contributed by atoms with van der Waals surface area (Å²) in [6.07, 6.45) is 4.04. The third kappa shape index (κ3) is 4.95. The number of para-hydroxylation sites is 1. The number of amidine groups is 1. The van der Waals surface area contributed by atoms with E-state index in [4.69, 9.17) is 4.99 Å². The number of Topliss-reactive ketones (excluding diaryl/α,β-unsaturated/α-hetero) is 1. The van der Waals surface area contributed by atoms with Gasteiger partial charge in [-0.25, -0.2) is 4.99 Å². The van der Waals surface area contributed by atoms with Gasteiger partial charge in [0, 0.05) is 24.8 Å². The van der Waals surface area contributed by atoms with Crippen LogP contribution in [0, 0.1) is 0 Å². The first-order valence-corrected chi connectivity index (χ1v) is 13.0. The number of thioether (sulfide) groups is 1. The van der Waals surface area contributed by atoms with E-state index in [1.165, 1.54) is 11.8 Å². The molecule has 37 heavy (non-hydrogen) atoms. The van der Waals surface area contributed by atoms with Gasteiger partial charge in [0.05, 0.1) is 23.6 Å². The van der Waals surface area contributed by atoms with Gasteiger partial charge >= 0.3 is 0 Å². The molecule has 0 spiro atoms. The van der Waals surface area contributed by atoms with Crippen LogP contribution in [0.25, 0.3) is 6.08 Å². The maximum Gasteiger partial charge on any atom is 0.269 e. The van der Waals surface area contributed by atoms with Gasteiger partial charge in [0.2, 0.25) is 0 Å². The summed E-state index contributed by atoms with van der Waals surface area (Å²) in [5.74, 6) is -0.123. The summed E-state index contributed by atoms with van der Waals surface area (Å²) in [6, 6.07) is 23.5. The van der Waals surface area contributed by atoms with Crippen LogP contribution >= 0.6 is 11.8 Å². The lowest BCUT2D eigenvalue weighted by atomic mass is 10.1. The number of anilines is 2. The lowest BCUT2D eigenvalue weighted by molar-refractivity contribution is -0.122. The Morgan fingerprint density at radius 3 is 2.51 bits per heavy atom. The van der Waals surface area contributed by atoms with Crippen molar-refractivity contribution in [3.05, 3.63) is 106 Å². The molecule has 2 aliphatic heterocycles. The number of hydrogen-bond acceptors (Lipinski definition) is 6. The third-order valence-electron chi connectivity index (χ3n) is 6.35. The van der Waals surface area contributed by atoms with Crippen LogP contribution in [0.5, 0.6) is 0 Å². The highest BCUT2D eigenvalue weighted by Crippen LogP contribution is 2.41. The molecule has 1 saturated heterocycles. The second kappa shape index (κ2) is 10.5. The Morgan fingerprint density at radius 1 is 1.00 bits per heavy atom. The van der Waals surface area contributed by atoms with E-state index in [0.717, 1.165) is 28.2 Å². The number of likely N-dealkylation sites (N-methyl/N-ethyl adjacent to an activating group) is 1. The number of allylic oxidation sites excluding steroid dienone is 1. The van der Waals surface area contributed by atoms with Crippen LogP contribution in [0.4, 0.5) is 17.1 Å². The molecular weight excluding hydrogens is 480 g/mol. The van der Waals surface area contributed by atoms with Crippen molar-refractivity contribution in [2.24, 2.45) is 4.99 Å². The SMILES string of the molecule is CCNc1ccc(C(C)=O)cc1N=C1S/C(=C2/C=Cc3ccccc3N2C)C(=O)N1Cc1ccccc1. The molecule has 2 heterocycles. The summed E-state index contributed by atoms with van der Waals surface area (Å²) in [5.41, 5.74) is 6.03. The summed E-state index contributed by atoms with van der Waals surface area (Å²) < 4.78 is 0. The molecule has 186 valence electrons. The van der Waals surface area contributed by atoms with Gasteiger partial charge in [-0.1, -0.05) is 54.6 Å². The highest BCUT2D eigenvalue weighted by Gasteiger charge is 2.37. The summed E-state index contributed by atoms with van der Waals surface area (Å²) in [7, 11) is 1.98. The summed E-state index contributed by atoms with van der Waals surface area (Å²) in [6.45, 7) is 4.66. The smallest absolute Gasteiger partial charge is 0.269 e. The number of hydrogen-bond donors (Lipinski definition) is 1. The number of ketones is 1. The van der Waals surface area contributed by atoms with Crippen LogP contribution in [-0.4, -0.2) is 35.4 Å². The van der Waals surface area contributed by atoms with Crippen molar-refractivity contribution in [2.75, 3.05) is 23.8 Å². The molecule has 1 fully saturated rings. The number of carbonyl (C=O) groups excluding carboxylic acids is 2. The Kier molecular flexibility index (Phi) is 6.97. The van der Waals surface area contributed by atoms with Gasteiger partial charge in [-0.2, -0.15) is 0 Å². The lowest BCUT2D eigenvalue weighted by Crippen LogP contribution is -2.29. The van der Waals surface area contributed by atoms with Crippen molar-refractivity contribution >= 4 is 51.8 Å². The fraction of sp³-hybridized carbons (Fsp3) is 0.167. The van der Waals surface area contributed by atoms with Crippen molar-refractivity contribution < 1.29 is 9.59 Å². The number of rotatable bonds is 6. The highest BCUT2D eigenvalue weighted by atomic mass is 32.2. The lowest BCUT2D eigenvalue weighted by Gasteiger charge is -2.27. The molecule has 1 N–H and O–H groups in total. The quantitative estimate of drug-likeness (QED) is 0.306. The normalized spacial score (nSPS) is 17.9. The molecule has 0 atom stereocenters. The standard InChI is InChI=1S/C30H28N4O2S/c1-4-31-24-16-14-23(20(2)35)18-25(24)32-30-34(19-21-10-6-5-7-11-21)29(36)28(37-30)27-17-15-22-12-8-9-13-26(22)33(27)3/h5-18,31H,4,19H2,1-3H3/b28-27-,32-30?. The van der Waals surface area contributed by atoms with Crippen LogP contribution in [0.3, 0.4) is 0 Å². The molecule has 0 radical (unpaired) electrons. The predicted octanol–water partition coefficient (Wildman–Crippen LogP) is 6.46. The van der Waals surface area contributed by atoms with Gasteiger partial charge in [-0.05, 0) is 67.1 Å². The van der Waals surface area contributed by atoms with Gasteiger partial charge in [0.1, 0.15) is 4.91 Å². The van der Waals surface area contributed by atoms with Gasteiger partial charge in [-0.15, -0.1) is 0 Å². The van der Waals surface area contributed by atoms with Crippen molar-refractivity contribution in [2.45, 2.75) is 20.4 Å². The Hall–Kier alpha value is -4.10. The van der Waals surface area contributed by atoms with Crippen molar-refractivity contribution in [1.29, 1.82) is 0 Å². The summed E-state index contributed by atoms with van der Waals surface area (Å²) in [5, 5.41) is 3.90. The van der Waals surface area contributed by atoms with E-state index in [1.54, 1.807) is 24.0 Å². The van der Waals surface area contributed by atoms with E-state index in [1.807, 2.05) is 74.7 Å². The average Bonchev–Trinajstić information content (AvgIpc) is 3.20. The van der Waals surface area contributed by atoms with E-state index < -0.39 is 0 Å². The van der Waals surface area contributed by atoms with E-state index in [9.17, 15) is 9.59 Å². The van der Waals surface area contributed by atoms with Gasteiger partial charge in [-0.3, -0.25) is 14.5 Å². The average molecular weight is 509 g/mol. The van der Waals surface area contributed by atoms with Gasteiger partial charge < -0.3 is 10.2 Å².